The molecule has 1 heterocycles. The van der Waals surface area contributed by atoms with Gasteiger partial charge in [0.1, 0.15) is 0 Å². The lowest BCUT2D eigenvalue weighted by Crippen LogP contribution is -2.02. The Morgan fingerprint density at radius 2 is 2.06 bits per heavy atom. The summed E-state index contributed by atoms with van der Waals surface area (Å²) in [5, 5.41) is 10.4. The van der Waals surface area contributed by atoms with Crippen LogP contribution < -0.4 is 5.32 Å². The summed E-state index contributed by atoms with van der Waals surface area (Å²) in [5.74, 6) is 0. The van der Waals surface area contributed by atoms with Crippen LogP contribution in [0.3, 0.4) is 0 Å². The van der Waals surface area contributed by atoms with Gasteiger partial charge in [0.05, 0.1) is 6.20 Å². The normalized spacial score (nSPS) is 10.4. The molecule has 0 aliphatic heterocycles. The van der Waals surface area contributed by atoms with Crippen LogP contribution in [0.2, 0.25) is 0 Å². The molecule has 1 aromatic carbocycles. The maximum Gasteiger partial charge on any atom is 0.0539 e. The van der Waals surface area contributed by atoms with Crippen molar-refractivity contribution < 1.29 is 0 Å². The van der Waals surface area contributed by atoms with Crippen LogP contribution in [0.4, 0.5) is 5.69 Å². The van der Waals surface area contributed by atoms with Crippen LogP contribution in [-0.4, -0.2) is 10.2 Å². The Labute approximate surface area is 95.9 Å². The van der Waals surface area contributed by atoms with Gasteiger partial charge in [0, 0.05) is 23.5 Å². The molecule has 1 aromatic heterocycles. The van der Waals surface area contributed by atoms with E-state index in [0.29, 0.717) is 0 Å². The Morgan fingerprint density at radius 1 is 1.25 bits per heavy atom. The van der Waals surface area contributed by atoms with Crippen molar-refractivity contribution in [1.82, 2.24) is 10.2 Å². The molecule has 16 heavy (non-hydrogen) atoms. The summed E-state index contributed by atoms with van der Waals surface area (Å²) in [7, 11) is 0. The fourth-order valence-corrected chi connectivity index (χ4v) is 1.69. The molecule has 0 spiro atoms. The number of aryl methyl sites for hydroxylation is 2. The second kappa shape index (κ2) is 4.39. The van der Waals surface area contributed by atoms with Gasteiger partial charge in [-0.2, -0.15) is 5.10 Å². The van der Waals surface area contributed by atoms with Gasteiger partial charge in [-0.3, -0.25) is 5.10 Å². The first kappa shape index (κ1) is 10.7. The van der Waals surface area contributed by atoms with Crippen molar-refractivity contribution in [3.8, 4) is 0 Å². The SMILES string of the molecule is Cc1cccc(NCc2cn[nH]c2C)c1C. The standard InChI is InChI=1S/C13H17N3/c1-9-5-4-6-13(10(9)2)14-7-12-8-15-16-11(12)3/h4-6,8,14H,7H2,1-3H3,(H,15,16). The number of aromatic nitrogens is 2. The minimum atomic E-state index is 0.812. The molecule has 0 radical (unpaired) electrons. The van der Waals surface area contributed by atoms with Crippen LogP contribution in [0.5, 0.6) is 0 Å². The zero-order valence-electron chi connectivity index (χ0n) is 9.96. The van der Waals surface area contributed by atoms with Gasteiger partial charge in [0.15, 0.2) is 0 Å². The lowest BCUT2D eigenvalue weighted by molar-refractivity contribution is 1.04. The van der Waals surface area contributed by atoms with Gasteiger partial charge in [-0.1, -0.05) is 12.1 Å². The smallest absolute Gasteiger partial charge is 0.0539 e. The molecule has 2 aromatic rings. The van der Waals surface area contributed by atoms with Crippen LogP contribution in [0.15, 0.2) is 24.4 Å². The van der Waals surface area contributed by atoms with Crippen molar-refractivity contribution in [2.75, 3.05) is 5.32 Å². The molecule has 0 aliphatic rings. The van der Waals surface area contributed by atoms with E-state index in [1.165, 1.54) is 22.4 Å². The topological polar surface area (TPSA) is 40.7 Å². The third-order valence-corrected chi connectivity index (χ3v) is 3.01. The molecule has 0 bridgehead atoms. The van der Waals surface area contributed by atoms with Crippen molar-refractivity contribution >= 4 is 5.69 Å². The molecule has 3 nitrogen and oxygen atoms in total. The van der Waals surface area contributed by atoms with E-state index in [-0.39, 0.29) is 0 Å². The maximum absolute atomic E-state index is 4.01. The molecule has 0 saturated heterocycles. The Balaban J connectivity index is 2.11. The van der Waals surface area contributed by atoms with Crippen LogP contribution in [-0.2, 0) is 6.54 Å². The van der Waals surface area contributed by atoms with Crippen molar-refractivity contribution in [2.24, 2.45) is 0 Å². The predicted octanol–water partition coefficient (Wildman–Crippen LogP) is 2.95. The van der Waals surface area contributed by atoms with Crippen LogP contribution >= 0.6 is 0 Å². The highest BCUT2D eigenvalue weighted by atomic mass is 15.1. The zero-order chi connectivity index (χ0) is 11.5. The molecular formula is C13H17N3. The largest absolute Gasteiger partial charge is 0.381 e. The second-order valence-corrected chi connectivity index (χ2v) is 4.12. The molecule has 3 heteroatoms. The molecule has 0 atom stereocenters. The molecule has 0 aliphatic carbocycles. The summed E-state index contributed by atoms with van der Waals surface area (Å²) >= 11 is 0. The summed E-state index contributed by atoms with van der Waals surface area (Å²) < 4.78 is 0. The molecule has 0 amide bonds. The van der Waals surface area contributed by atoms with Crippen LogP contribution in [0, 0.1) is 20.8 Å². The maximum atomic E-state index is 4.01. The van der Waals surface area contributed by atoms with E-state index >= 15 is 0 Å². The van der Waals surface area contributed by atoms with Gasteiger partial charge in [0.2, 0.25) is 0 Å². The van der Waals surface area contributed by atoms with Gasteiger partial charge in [-0.25, -0.2) is 0 Å². The van der Waals surface area contributed by atoms with Gasteiger partial charge < -0.3 is 5.32 Å². The molecule has 0 saturated carbocycles. The first-order valence-electron chi connectivity index (χ1n) is 5.47. The average Bonchev–Trinajstić information content (AvgIpc) is 2.67. The van der Waals surface area contributed by atoms with Crippen molar-refractivity contribution in [1.29, 1.82) is 0 Å². The summed E-state index contributed by atoms with van der Waals surface area (Å²) in [5.41, 5.74) is 6.15. The zero-order valence-corrected chi connectivity index (χ0v) is 9.96. The number of nitrogens with zero attached hydrogens (tertiary/aromatic N) is 1. The van der Waals surface area contributed by atoms with Crippen molar-refractivity contribution in [2.45, 2.75) is 27.3 Å². The number of H-pyrrole nitrogens is 1. The monoisotopic (exact) mass is 215 g/mol. The fourth-order valence-electron chi connectivity index (χ4n) is 1.69. The van der Waals surface area contributed by atoms with E-state index in [2.05, 4.69) is 47.6 Å². The Bertz CT molecular complexity index is 486. The Hall–Kier alpha value is -1.77. The Kier molecular flexibility index (Phi) is 2.95. The number of hydrogen-bond acceptors (Lipinski definition) is 2. The minimum Gasteiger partial charge on any atom is -0.381 e. The van der Waals surface area contributed by atoms with Gasteiger partial charge in [-0.15, -0.1) is 0 Å². The van der Waals surface area contributed by atoms with Crippen LogP contribution in [0.1, 0.15) is 22.4 Å². The third kappa shape index (κ3) is 2.08. The first-order chi connectivity index (χ1) is 7.68. The predicted molar refractivity (Wildman–Crippen MR) is 66.6 cm³/mol. The molecule has 0 unspecified atom stereocenters. The number of aromatic amines is 1. The number of anilines is 1. The highest BCUT2D eigenvalue weighted by Crippen LogP contribution is 2.18. The van der Waals surface area contributed by atoms with E-state index in [1.54, 1.807) is 0 Å². The van der Waals surface area contributed by atoms with Crippen LogP contribution in [0.25, 0.3) is 0 Å². The van der Waals surface area contributed by atoms with Gasteiger partial charge in [-0.05, 0) is 38.0 Å². The molecule has 2 rings (SSSR count). The number of benzene rings is 1. The molecule has 84 valence electrons. The highest BCUT2D eigenvalue weighted by Gasteiger charge is 2.02. The second-order valence-electron chi connectivity index (χ2n) is 4.12. The lowest BCUT2D eigenvalue weighted by atomic mass is 10.1. The van der Waals surface area contributed by atoms with E-state index in [0.717, 1.165) is 12.2 Å². The van der Waals surface area contributed by atoms with E-state index < -0.39 is 0 Å². The Morgan fingerprint density at radius 3 is 2.75 bits per heavy atom. The summed E-state index contributed by atoms with van der Waals surface area (Å²) in [6, 6.07) is 6.31. The number of rotatable bonds is 3. The number of nitrogens with one attached hydrogen (secondary N) is 2. The third-order valence-electron chi connectivity index (χ3n) is 3.01. The van der Waals surface area contributed by atoms with E-state index in [4.69, 9.17) is 0 Å². The summed E-state index contributed by atoms with van der Waals surface area (Å²) in [6.45, 7) is 7.11. The summed E-state index contributed by atoms with van der Waals surface area (Å²) in [6.07, 6.45) is 1.87. The van der Waals surface area contributed by atoms with E-state index in [9.17, 15) is 0 Å². The highest BCUT2D eigenvalue weighted by molar-refractivity contribution is 5.53. The van der Waals surface area contributed by atoms with E-state index in [1.807, 2.05) is 13.1 Å². The van der Waals surface area contributed by atoms with Gasteiger partial charge in [0.25, 0.3) is 0 Å². The van der Waals surface area contributed by atoms with Gasteiger partial charge >= 0.3 is 0 Å². The molecule has 2 N–H and O–H groups in total. The lowest BCUT2D eigenvalue weighted by Gasteiger charge is -2.10. The van der Waals surface area contributed by atoms with Crippen molar-refractivity contribution in [3.63, 3.8) is 0 Å². The molecular weight excluding hydrogens is 198 g/mol. The average molecular weight is 215 g/mol. The minimum absolute atomic E-state index is 0.812. The first-order valence-corrected chi connectivity index (χ1v) is 5.47. The fraction of sp³-hybridized carbons (Fsp3) is 0.308. The number of hydrogen-bond donors (Lipinski definition) is 2. The quantitative estimate of drug-likeness (QED) is 0.826. The summed E-state index contributed by atoms with van der Waals surface area (Å²) in [4.78, 5) is 0. The van der Waals surface area contributed by atoms with Crippen molar-refractivity contribution in [3.05, 3.63) is 46.8 Å². The molecule has 0 fully saturated rings.